The van der Waals surface area contributed by atoms with E-state index in [0.29, 0.717) is 12.2 Å². The Morgan fingerprint density at radius 3 is 1.90 bits per heavy atom. The lowest BCUT2D eigenvalue weighted by Crippen LogP contribution is -2.44. The second kappa shape index (κ2) is 6.40. The topological polar surface area (TPSA) is 63.6 Å². The highest BCUT2D eigenvalue weighted by atomic mass is 19.4. The molecule has 4 nitrogen and oxygen atoms in total. The van der Waals surface area contributed by atoms with Gasteiger partial charge in [0.05, 0.1) is 6.42 Å². The third-order valence-electron chi connectivity index (χ3n) is 2.44. The molecule has 0 aromatic rings. The highest BCUT2D eigenvalue weighted by molar-refractivity contribution is 5.90. The molecule has 0 spiro atoms. The van der Waals surface area contributed by atoms with Crippen LogP contribution in [0.3, 0.4) is 0 Å². The van der Waals surface area contributed by atoms with Crippen LogP contribution >= 0.6 is 0 Å². The number of aliphatic carboxylic acids is 1. The minimum Gasteiger partial charge on any atom is -0.478 e. The van der Waals surface area contributed by atoms with Crippen molar-refractivity contribution in [3.8, 4) is 0 Å². The summed E-state index contributed by atoms with van der Waals surface area (Å²) in [7, 11) is 0. The van der Waals surface area contributed by atoms with Crippen LogP contribution in [-0.4, -0.2) is 35.2 Å². The van der Waals surface area contributed by atoms with Crippen LogP contribution in [-0.2, 0) is 14.3 Å². The predicted molar refractivity (Wildman–Crippen MR) is 61.7 cm³/mol. The van der Waals surface area contributed by atoms with E-state index in [-0.39, 0.29) is 0 Å². The van der Waals surface area contributed by atoms with Crippen LogP contribution < -0.4 is 0 Å². The number of esters is 1. The fraction of sp³-hybridized carbons (Fsp3) is 0.667. The minimum absolute atomic E-state index is 0.393. The normalized spacial score (nSPS) is 15.0. The zero-order chi connectivity index (χ0) is 17.1. The van der Waals surface area contributed by atoms with Crippen molar-refractivity contribution < 1.29 is 41.4 Å². The summed E-state index contributed by atoms with van der Waals surface area (Å²) in [4.78, 5) is 21.4. The van der Waals surface area contributed by atoms with Gasteiger partial charge in [0.1, 0.15) is 6.10 Å². The average Bonchev–Trinajstić information content (AvgIpc) is 2.22. The zero-order valence-corrected chi connectivity index (χ0v) is 11.5. The molecule has 0 aromatic heterocycles. The lowest BCUT2D eigenvalue weighted by Gasteiger charge is -2.33. The fourth-order valence-electron chi connectivity index (χ4n) is 1.19. The van der Waals surface area contributed by atoms with Crippen LogP contribution in [0.1, 0.15) is 27.2 Å². The first-order chi connectivity index (χ1) is 9.17. The van der Waals surface area contributed by atoms with Crippen molar-refractivity contribution in [2.24, 2.45) is 5.41 Å². The first-order valence-electron chi connectivity index (χ1n) is 5.73. The number of alkyl halides is 5. The van der Waals surface area contributed by atoms with E-state index < -0.39 is 42.0 Å². The van der Waals surface area contributed by atoms with Gasteiger partial charge in [-0.3, -0.25) is 0 Å². The van der Waals surface area contributed by atoms with Crippen molar-refractivity contribution >= 4 is 11.9 Å². The van der Waals surface area contributed by atoms with Gasteiger partial charge in [0.25, 0.3) is 0 Å². The summed E-state index contributed by atoms with van der Waals surface area (Å²) in [6, 6.07) is 0. The summed E-state index contributed by atoms with van der Waals surface area (Å²) in [5.74, 6) is -7.82. The zero-order valence-electron chi connectivity index (χ0n) is 11.5. The van der Waals surface area contributed by atoms with Crippen LogP contribution in [0.25, 0.3) is 0 Å². The Hall–Kier alpha value is -1.67. The van der Waals surface area contributed by atoms with Crippen molar-refractivity contribution in [2.75, 3.05) is 0 Å². The summed E-state index contributed by atoms with van der Waals surface area (Å²) >= 11 is 0. The molecule has 0 aliphatic rings. The number of rotatable bonds is 5. The van der Waals surface area contributed by atoms with E-state index in [4.69, 9.17) is 5.11 Å². The number of ether oxygens (including phenoxy) is 1. The summed E-state index contributed by atoms with van der Waals surface area (Å²) in [6.45, 7) is 3.95. The van der Waals surface area contributed by atoms with E-state index in [1.165, 1.54) is 20.8 Å². The third kappa shape index (κ3) is 6.54. The van der Waals surface area contributed by atoms with E-state index in [1.54, 1.807) is 0 Å². The molecule has 1 N–H and O–H groups in total. The monoisotopic (exact) mass is 318 g/mol. The second-order valence-electron chi connectivity index (χ2n) is 5.37. The maximum absolute atomic E-state index is 13.0. The van der Waals surface area contributed by atoms with Crippen molar-refractivity contribution in [1.82, 2.24) is 0 Å². The van der Waals surface area contributed by atoms with E-state index >= 15 is 0 Å². The highest BCUT2D eigenvalue weighted by Gasteiger charge is 2.59. The third-order valence-corrected chi connectivity index (χ3v) is 2.44. The molecule has 0 saturated heterocycles. The molecule has 0 amide bonds. The van der Waals surface area contributed by atoms with Gasteiger partial charge in [-0.25, -0.2) is 9.59 Å². The number of hydrogen-bond donors (Lipinski definition) is 1. The van der Waals surface area contributed by atoms with E-state index in [1.807, 2.05) is 0 Å². The van der Waals surface area contributed by atoms with E-state index in [2.05, 4.69) is 4.74 Å². The SMILES string of the molecule is CC(C)(C)C(CC(F)(F)C(F)(F)F)OC(=O)/C=C/C(=O)O. The van der Waals surface area contributed by atoms with Crippen molar-refractivity contribution in [3.63, 3.8) is 0 Å². The number of hydrogen-bond acceptors (Lipinski definition) is 3. The Morgan fingerprint density at radius 1 is 1.10 bits per heavy atom. The lowest BCUT2D eigenvalue weighted by molar-refractivity contribution is -0.293. The van der Waals surface area contributed by atoms with Crippen LogP contribution in [0.15, 0.2) is 12.2 Å². The molecule has 0 saturated carbocycles. The van der Waals surface area contributed by atoms with Gasteiger partial charge in [-0.2, -0.15) is 22.0 Å². The largest absolute Gasteiger partial charge is 0.478 e. The first-order valence-corrected chi connectivity index (χ1v) is 5.73. The van der Waals surface area contributed by atoms with Gasteiger partial charge < -0.3 is 9.84 Å². The molecule has 0 aromatic carbocycles. The minimum atomic E-state index is -5.76. The van der Waals surface area contributed by atoms with Gasteiger partial charge in [-0.1, -0.05) is 20.8 Å². The van der Waals surface area contributed by atoms with Gasteiger partial charge in [-0.15, -0.1) is 0 Å². The molecule has 0 bridgehead atoms. The number of carboxylic acid groups (broad SMARTS) is 1. The summed E-state index contributed by atoms with van der Waals surface area (Å²) in [6.07, 6.45) is -8.43. The molecular weight excluding hydrogens is 303 g/mol. The van der Waals surface area contributed by atoms with E-state index in [0.717, 1.165) is 0 Å². The molecule has 0 aliphatic carbocycles. The summed E-state index contributed by atoms with van der Waals surface area (Å²) in [5.41, 5.74) is -1.19. The predicted octanol–water partition coefficient (Wildman–Crippen LogP) is 3.17. The quantitative estimate of drug-likeness (QED) is 0.480. The molecule has 122 valence electrons. The Kier molecular flexibility index (Phi) is 5.89. The number of carboxylic acids is 1. The molecule has 1 unspecified atom stereocenters. The number of carbonyl (C=O) groups excluding carboxylic acids is 1. The first kappa shape index (κ1) is 19.3. The van der Waals surface area contributed by atoms with Crippen LogP contribution in [0.5, 0.6) is 0 Å². The van der Waals surface area contributed by atoms with Gasteiger partial charge >= 0.3 is 24.0 Å². The van der Waals surface area contributed by atoms with Gasteiger partial charge in [0.15, 0.2) is 0 Å². The maximum atomic E-state index is 13.0. The molecule has 0 heterocycles. The molecule has 9 heteroatoms. The van der Waals surface area contributed by atoms with Crippen molar-refractivity contribution in [2.45, 2.75) is 45.4 Å². The smallest absolute Gasteiger partial charge is 0.453 e. The standard InChI is InChI=1S/C12H15F5O4/c1-10(2,3)7(6-11(13,14)12(15,16)17)21-9(20)5-4-8(18)19/h4-5,7H,6H2,1-3H3,(H,18,19)/b5-4+. The number of carbonyl (C=O) groups is 2. The van der Waals surface area contributed by atoms with Gasteiger partial charge in [0.2, 0.25) is 0 Å². The molecular formula is C12H15F5O4. The molecule has 0 radical (unpaired) electrons. The van der Waals surface area contributed by atoms with Gasteiger partial charge in [-0.05, 0) is 5.41 Å². The Bertz CT molecular complexity index is 420. The van der Waals surface area contributed by atoms with E-state index in [9.17, 15) is 31.5 Å². The average molecular weight is 318 g/mol. The Labute approximate surface area is 117 Å². The fourth-order valence-corrected chi connectivity index (χ4v) is 1.19. The maximum Gasteiger partial charge on any atom is 0.453 e. The Morgan fingerprint density at radius 2 is 1.57 bits per heavy atom. The molecule has 21 heavy (non-hydrogen) atoms. The van der Waals surface area contributed by atoms with Crippen LogP contribution in [0, 0.1) is 5.41 Å². The lowest BCUT2D eigenvalue weighted by atomic mass is 9.85. The molecule has 0 aliphatic heterocycles. The highest BCUT2D eigenvalue weighted by Crippen LogP contribution is 2.42. The van der Waals surface area contributed by atoms with Crippen LogP contribution in [0.2, 0.25) is 0 Å². The summed E-state index contributed by atoms with van der Waals surface area (Å²) in [5, 5.41) is 8.29. The van der Waals surface area contributed by atoms with Crippen molar-refractivity contribution in [1.29, 1.82) is 0 Å². The molecule has 0 fully saturated rings. The summed E-state index contributed by atoms with van der Waals surface area (Å²) < 4.78 is 67.2. The van der Waals surface area contributed by atoms with Crippen LogP contribution in [0.4, 0.5) is 22.0 Å². The Balaban J connectivity index is 5.10. The molecule has 1 atom stereocenters. The van der Waals surface area contributed by atoms with Gasteiger partial charge in [0, 0.05) is 12.2 Å². The number of halogens is 5. The van der Waals surface area contributed by atoms with Crippen molar-refractivity contribution in [3.05, 3.63) is 12.2 Å². The molecule has 0 rings (SSSR count). The second-order valence-corrected chi connectivity index (χ2v) is 5.37.